The minimum atomic E-state index is -0.0468. The first-order valence-corrected chi connectivity index (χ1v) is 7.60. The lowest BCUT2D eigenvalue weighted by atomic mass is 10.1. The minimum Gasteiger partial charge on any atom is -0.337 e. The van der Waals surface area contributed by atoms with Gasteiger partial charge in [-0.15, -0.1) is 0 Å². The average Bonchev–Trinajstić information content (AvgIpc) is 2.87. The molecule has 0 aromatic carbocycles. The summed E-state index contributed by atoms with van der Waals surface area (Å²) in [6.45, 7) is 5.07. The molecular weight excluding hydrogens is 238 g/mol. The van der Waals surface area contributed by atoms with Gasteiger partial charge in [0.2, 0.25) is 0 Å². The summed E-state index contributed by atoms with van der Waals surface area (Å²) in [6, 6.07) is -0.0468. The van der Waals surface area contributed by atoms with Gasteiger partial charge in [-0.2, -0.15) is 0 Å². The molecule has 0 aliphatic rings. The normalized spacial score (nSPS) is 10.6. The number of hydrogen-bond acceptors (Lipinski definition) is 2. The second-order valence-electron chi connectivity index (χ2n) is 4.96. The van der Waals surface area contributed by atoms with E-state index in [0.717, 1.165) is 38.1 Å². The van der Waals surface area contributed by atoms with Crippen molar-refractivity contribution in [2.45, 2.75) is 65.2 Å². The third-order valence-electron chi connectivity index (χ3n) is 3.25. The van der Waals surface area contributed by atoms with Crippen LogP contribution < -0.4 is 5.32 Å². The van der Waals surface area contributed by atoms with Gasteiger partial charge in [0, 0.05) is 25.4 Å². The molecule has 1 heterocycles. The molecule has 108 valence electrons. The molecule has 0 aliphatic heterocycles. The molecule has 1 aromatic heterocycles. The molecule has 0 spiro atoms. The molecule has 1 N–H and O–H groups in total. The fraction of sp³-hybridized carbons (Fsp3) is 0.733. The molecule has 1 amide bonds. The maximum Gasteiger partial charge on any atom is 0.327 e. The van der Waals surface area contributed by atoms with E-state index in [1.165, 1.54) is 25.7 Å². The predicted molar refractivity (Wildman–Crippen MR) is 78.4 cm³/mol. The first kappa shape index (κ1) is 15.7. The van der Waals surface area contributed by atoms with Crippen LogP contribution in [0.1, 0.15) is 64.6 Å². The topological polar surface area (TPSA) is 46.9 Å². The molecule has 0 radical (unpaired) electrons. The number of nitrogens with one attached hydrogen (secondary N) is 1. The summed E-state index contributed by atoms with van der Waals surface area (Å²) in [6.07, 6.45) is 12.6. The van der Waals surface area contributed by atoms with Crippen molar-refractivity contribution in [3.8, 4) is 0 Å². The zero-order valence-corrected chi connectivity index (χ0v) is 12.3. The lowest BCUT2D eigenvalue weighted by Gasteiger charge is -2.08. The Balaban J connectivity index is 2.34. The summed E-state index contributed by atoms with van der Waals surface area (Å²) < 4.78 is 1.65. The quantitative estimate of drug-likeness (QED) is 0.691. The number of unbranched alkanes of at least 4 members (excludes halogenated alkanes) is 5. The fourth-order valence-electron chi connectivity index (χ4n) is 2.05. The SMILES string of the molecule is CCCCCCCc1nccn1C(=O)NCCCC. The lowest BCUT2D eigenvalue weighted by Crippen LogP contribution is -2.30. The Kier molecular flexibility index (Phi) is 7.94. The first-order valence-electron chi connectivity index (χ1n) is 7.60. The van der Waals surface area contributed by atoms with E-state index in [9.17, 15) is 4.79 Å². The number of aromatic nitrogens is 2. The van der Waals surface area contributed by atoms with Crippen molar-refractivity contribution in [2.75, 3.05) is 6.54 Å². The Morgan fingerprint density at radius 3 is 2.63 bits per heavy atom. The molecule has 0 bridgehead atoms. The van der Waals surface area contributed by atoms with Crippen molar-refractivity contribution in [1.82, 2.24) is 14.9 Å². The largest absolute Gasteiger partial charge is 0.337 e. The summed E-state index contributed by atoms with van der Waals surface area (Å²) >= 11 is 0. The number of imidazole rings is 1. The molecule has 0 saturated carbocycles. The van der Waals surface area contributed by atoms with Crippen molar-refractivity contribution in [1.29, 1.82) is 0 Å². The summed E-state index contributed by atoms with van der Waals surface area (Å²) in [4.78, 5) is 16.2. The third-order valence-corrected chi connectivity index (χ3v) is 3.25. The molecule has 4 heteroatoms. The predicted octanol–water partition coefficient (Wildman–Crippen LogP) is 3.75. The molecule has 1 aromatic rings. The van der Waals surface area contributed by atoms with Crippen LogP contribution in [-0.2, 0) is 6.42 Å². The first-order chi connectivity index (χ1) is 9.29. The van der Waals surface area contributed by atoms with Gasteiger partial charge >= 0.3 is 6.03 Å². The Morgan fingerprint density at radius 2 is 1.89 bits per heavy atom. The second-order valence-corrected chi connectivity index (χ2v) is 4.96. The number of rotatable bonds is 9. The maximum atomic E-state index is 11.9. The van der Waals surface area contributed by atoms with Gasteiger partial charge in [-0.05, 0) is 12.8 Å². The Hall–Kier alpha value is -1.32. The second kappa shape index (κ2) is 9.59. The van der Waals surface area contributed by atoms with Crippen LogP contribution in [0.2, 0.25) is 0 Å². The highest BCUT2D eigenvalue weighted by Crippen LogP contribution is 2.07. The molecule has 0 saturated heterocycles. The molecular formula is C15H27N3O. The molecule has 0 aliphatic carbocycles. The number of hydrogen-bond donors (Lipinski definition) is 1. The highest BCUT2D eigenvalue weighted by Gasteiger charge is 2.09. The van der Waals surface area contributed by atoms with Gasteiger partial charge in [-0.1, -0.05) is 46.0 Å². The smallest absolute Gasteiger partial charge is 0.327 e. The fourth-order valence-corrected chi connectivity index (χ4v) is 2.05. The van der Waals surface area contributed by atoms with E-state index >= 15 is 0 Å². The van der Waals surface area contributed by atoms with Crippen LogP contribution in [-0.4, -0.2) is 22.1 Å². The third kappa shape index (κ3) is 5.90. The summed E-state index contributed by atoms with van der Waals surface area (Å²) in [5.41, 5.74) is 0. The molecule has 4 nitrogen and oxygen atoms in total. The standard InChI is InChI=1S/C15H27N3O/c1-3-5-7-8-9-10-14-16-12-13-18(14)15(19)17-11-6-4-2/h12-13H,3-11H2,1-2H3,(H,17,19). The van der Waals surface area contributed by atoms with E-state index in [1.807, 2.05) is 0 Å². The number of carbonyl (C=O) groups is 1. The van der Waals surface area contributed by atoms with Crippen LogP contribution in [0.5, 0.6) is 0 Å². The number of aryl methyl sites for hydroxylation is 1. The van der Waals surface area contributed by atoms with E-state index in [0.29, 0.717) is 0 Å². The molecule has 19 heavy (non-hydrogen) atoms. The van der Waals surface area contributed by atoms with Crippen molar-refractivity contribution in [2.24, 2.45) is 0 Å². The van der Waals surface area contributed by atoms with Crippen LogP contribution in [0.25, 0.3) is 0 Å². The summed E-state index contributed by atoms with van der Waals surface area (Å²) in [5.74, 6) is 0.880. The minimum absolute atomic E-state index is 0.0468. The Labute approximate surface area is 116 Å². The lowest BCUT2D eigenvalue weighted by molar-refractivity contribution is 0.241. The van der Waals surface area contributed by atoms with Crippen LogP contribution >= 0.6 is 0 Å². The van der Waals surface area contributed by atoms with E-state index in [4.69, 9.17) is 0 Å². The molecule has 0 atom stereocenters. The number of amides is 1. The Bertz CT molecular complexity index is 360. The maximum absolute atomic E-state index is 11.9. The van der Waals surface area contributed by atoms with E-state index < -0.39 is 0 Å². The Morgan fingerprint density at radius 1 is 1.16 bits per heavy atom. The molecule has 0 fully saturated rings. The van der Waals surface area contributed by atoms with Crippen molar-refractivity contribution in [3.63, 3.8) is 0 Å². The zero-order chi connectivity index (χ0) is 13.9. The summed E-state index contributed by atoms with van der Waals surface area (Å²) in [5, 5.41) is 2.92. The van der Waals surface area contributed by atoms with E-state index in [1.54, 1.807) is 17.0 Å². The summed E-state index contributed by atoms with van der Waals surface area (Å²) in [7, 11) is 0. The average molecular weight is 265 g/mol. The number of nitrogens with zero attached hydrogens (tertiary/aromatic N) is 2. The van der Waals surface area contributed by atoms with Gasteiger partial charge in [-0.3, -0.25) is 4.57 Å². The highest BCUT2D eigenvalue weighted by atomic mass is 16.2. The van der Waals surface area contributed by atoms with Crippen LogP contribution in [0.3, 0.4) is 0 Å². The van der Waals surface area contributed by atoms with Gasteiger partial charge in [0.1, 0.15) is 5.82 Å². The van der Waals surface area contributed by atoms with Crippen molar-refractivity contribution < 1.29 is 4.79 Å². The van der Waals surface area contributed by atoms with Gasteiger partial charge in [-0.25, -0.2) is 9.78 Å². The molecule has 1 rings (SSSR count). The van der Waals surface area contributed by atoms with Crippen molar-refractivity contribution in [3.05, 3.63) is 18.2 Å². The molecule has 0 unspecified atom stereocenters. The van der Waals surface area contributed by atoms with Gasteiger partial charge < -0.3 is 5.32 Å². The zero-order valence-electron chi connectivity index (χ0n) is 12.3. The van der Waals surface area contributed by atoms with Crippen LogP contribution in [0.4, 0.5) is 4.79 Å². The van der Waals surface area contributed by atoms with E-state index in [-0.39, 0.29) is 6.03 Å². The van der Waals surface area contributed by atoms with E-state index in [2.05, 4.69) is 24.1 Å². The van der Waals surface area contributed by atoms with Gasteiger partial charge in [0.15, 0.2) is 0 Å². The number of carbonyl (C=O) groups excluding carboxylic acids is 1. The van der Waals surface area contributed by atoms with Crippen LogP contribution in [0, 0.1) is 0 Å². The van der Waals surface area contributed by atoms with Gasteiger partial charge in [0.25, 0.3) is 0 Å². The van der Waals surface area contributed by atoms with Gasteiger partial charge in [0.05, 0.1) is 0 Å². The van der Waals surface area contributed by atoms with Crippen LogP contribution in [0.15, 0.2) is 12.4 Å². The monoisotopic (exact) mass is 265 g/mol. The van der Waals surface area contributed by atoms with Crippen molar-refractivity contribution >= 4 is 6.03 Å². The highest BCUT2D eigenvalue weighted by molar-refractivity contribution is 5.77.